The predicted octanol–water partition coefficient (Wildman–Crippen LogP) is 3.66. The van der Waals surface area contributed by atoms with Gasteiger partial charge in [-0.3, -0.25) is 4.79 Å². The maximum atomic E-state index is 12.9. The van der Waals surface area contributed by atoms with E-state index in [1.165, 1.54) is 0 Å². The highest BCUT2D eigenvalue weighted by Crippen LogP contribution is 2.23. The SMILES string of the molecule is CCNc1ccc(Cl)cc1C(=O)N(CCOC)C(C)CC. The number of halogens is 1. The number of nitrogens with zero attached hydrogens (tertiary/aromatic N) is 1. The zero-order valence-electron chi connectivity index (χ0n) is 13.3. The summed E-state index contributed by atoms with van der Waals surface area (Å²) in [5.74, 6) is -0.0140. The lowest BCUT2D eigenvalue weighted by Gasteiger charge is -2.29. The van der Waals surface area contributed by atoms with Crippen molar-refractivity contribution in [2.45, 2.75) is 33.2 Å². The Balaban J connectivity index is 3.09. The van der Waals surface area contributed by atoms with E-state index in [4.69, 9.17) is 16.3 Å². The first-order chi connectivity index (χ1) is 10.0. The van der Waals surface area contributed by atoms with Gasteiger partial charge in [-0.15, -0.1) is 0 Å². The van der Waals surface area contributed by atoms with E-state index in [0.717, 1.165) is 18.7 Å². The second-order valence-corrected chi connectivity index (χ2v) is 5.41. The van der Waals surface area contributed by atoms with Crippen LogP contribution in [-0.4, -0.2) is 43.7 Å². The van der Waals surface area contributed by atoms with E-state index in [2.05, 4.69) is 12.2 Å². The largest absolute Gasteiger partial charge is 0.385 e. The summed E-state index contributed by atoms with van der Waals surface area (Å²) < 4.78 is 5.12. The minimum Gasteiger partial charge on any atom is -0.385 e. The molecule has 118 valence electrons. The molecule has 0 fully saturated rings. The van der Waals surface area contributed by atoms with Gasteiger partial charge in [-0.1, -0.05) is 18.5 Å². The molecular weight excluding hydrogens is 288 g/mol. The van der Waals surface area contributed by atoms with Gasteiger partial charge in [0.2, 0.25) is 0 Å². The Morgan fingerprint density at radius 1 is 1.43 bits per heavy atom. The maximum Gasteiger partial charge on any atom is 0.256 e. The topological polar surface area (TPSA) is 41.6 Å². The molecule has 0 aliphatic rings. The molecule has 0 aliphatic carbocycles. The van der Waals surface area contributed by atoms with Gasteiger partial charge < -0.3 is 15.0 Å². The van der Waals surface area contributed by atoms with Crippen molar-refractivity contribution in [3.8, 4) is 0 Å². The quantitative estimate of drug-likeness (QED) is 0.796. The van der Waals surface area contributed by atoms with E-state index in [1.807, 2.05) is 24.8 Å². The standard InChI is InChI=1S/C16H25ClN2O2/c1-5-12(3)19(9-10-21-4)16(20)14-11-13(17)7-8-15(14)18-6-2/h7-8,11-12,18H,5-6,9-10H2,1-4H3. The molecule has 0 bridgehead atoms. The van der Waals surface area contributed by atoms with Crippen LogP contribution in [0.25, 0.3) is 0 Å². The number of carbonyl (C=O) groups excluding carboxylic acids is 1. The van der Waals surface area contributed by atoms with E-state index >= 15 is 0 Å². The molecule has 21 heavy (non-hydrogen) atoms. The summed E-state index contributed by atoms with van der Waals surface area (Å²) >= 11 is 6.06. The number of ether oxygens (including phenoxy) is 1. The van der Waals surface area contributed by atoms with Crippen LogP contribution in [0.4, 0.5) is 5.69 Å². The number of anilines is 1. The third kappa shape index (κ3) is 4.90. The highest BCUT2D eigenvalue weighted by molar-refractivity contribution is 6.31. The lowest BCUT2D eigenvalue weighted by molar-refractivity contribution is 0.0615. The second-order valence-electron chi connectivity index (χ2n) is 4.97. The average Bonchev–Trinajstić information content (AvgIpc) is 2.49. The lowest BCUT2D eigenvalue weighted by Crippen LogP contribution is -2.40. The van der Waals surface area contributed by atoms with E-state index < -0.39 is 0 Å². The van der Waals surface area contributed by atoms with Crippen LogP contribution < -0.4 is 5.32 Å². The lowest BCUT2D eigenvalue weighted by atomic mass is 10.1. The molecule has 0 spiro atoms. The normalized spacial score (nSPS) is 12.0. The van der Waals surface area contributed by atoms with Gasteiger partial charge in [-0.2, -0.15) is 0 Å². The number of methoxy groups -OCH3 is 1. The van der Waals surface area contributed by atoms with Gasteiger partial charge in [0.15, 0.2) is 0 Å². The first kappa shape index (κ1) is 17.8. The van der Waals surface area contributed by atoms with Crippen LogP contribution in [0.5, 0.6) is 0 Å². The molecule has 0 aliphatic heterocycles. The monoisotopic (exact) mass is 312 g/mol. The van der Waals surface area contributed by atoms with Gasteiger partial charge >= 0.3 is 0 Å². The number of nitrogens with one attached hydrogen (secondary N) is 1. The molecule has 0 radical (unpaired) electrons. The highest BCUT2D eigenvalue weighted by atomic mass is 35.5. The van der Waals surface area contributed by atoms with Crippen molar-refractivity contribution in [1.82, 2.24) is 4.90 Å². The summed E-state index contributed by atoms with van der Waals surface area (Å²) in [4.78, 5) is 14.7. The van der Waals surface area contributed by atoms with E-state index in [-0.39, 0.29) is 11.9 Å². The van der Waals surface area contributed by atoms with Gasteiger partial charge in [0, 0.05) is 37.0 Å². The number of hydrogen-bond donors (Lipinski definition) is 1. The number of amides is 1. The number of carbonyl (C=O) groups is 1. The van der Waals surface area contributed by atoms with Gasteiger partial charge in [0.1, 0.15) is 0 Å². The number of benzene rings is 1. The molecule has 1 aromatic carbocycles. The van der Waals surface area contributed by atoms with Crippen LogP contribution >= 0.6 is 11.6 Å². The zero-order chi connectivity index (χ0) is 15.8. The van der Waals surface area contributed by atoms with Crippen molar-refractivity contribution < 1.29 is 9.53 Å². The van der Waals surface area contributed by atoms with Crippen molar-refractivity contribution >= 4 is 23.2 Å². The fourth-order valence-corrected chi connectivity index (χ4v) is 2.30. The first-order valence-corrected chi connectivity index (χ1v) is 7.76. The molecule has 0 heterocycles. The third-order valence-corrected chi connectivity index (χ3v) is 3.73. The molecule has 1 unspecified atom stereocenters. The van der Waals surface area contributed by atoms with Crippen LogP contribution in [0, 0.1) is 0 Å². The fourth-order valence-electron chi connectivity index (χ4n) is 2.12. The van der Waals surface area contributed by atoms with Crippen molar-refractivity contribution in [1.29, 1.82) is 0 Å². The molecular formula is C16H25ClN2O2. The second kappa shape index (κ2) is 8.90. The van der Waals surface area contributed by atoms with Crippen LogP contribution in [0.1, 0.15) is 37.6 Å². The van der Waals surface area contributed by atoms with Crippen molar-refractivity contribution in [2.24, 2.45) is 0 Å². The Morgan fingerprint density at radius 2 is 2.14 bits per heavy atom. The Bertz CT molecular complexity index is 466. The Hall–Kier alpha value is -1.26. The van der Waals surface area contributed by atoms with Gasteiger partial charge in [0.05, 0.1) is 12.2 Å². The van der Waals surface area contributed by atoms with E-state index in [1.54, 1.807) is 19.2 Å². The van der Waals surface area contributed by atoms with Gasteiger partial charge in [-0.05, 0) is 38.5 Å². The summed E-state index contributed by atoms with van der Waals surface area (Å²) in [7, 11) is 1.64. The predicted molar refractivity (Wildman–Crippen MR) is 88.3 cm³/mol. The molecule has 0 saturated heterocycles. The van der Waals surface area contributed by atoms with Crippen LogP contribution in [0.15, 0.2) is 18.2 Å². The fraction of sp³-hybridized carbons (Fsp3) is 0.562. The molecule has 1 amide bonds. The number of hydrogen-bond acceptors (Lipinski definition) is 3. The van der Waals surface area contributed by atoms with Crippen LogP contribution in [0.2, 0.25) is 5.02 Å². The zero-order valence-corrected chi connectivity index (χ0v) is 14.0. The third-order valence-electron chi connectivity index (χ3n) is 3.50. The summed E-state index contributed by atoms with van der Waals surface area (Å²) in [6.45, 7) is 7.96. The van der Waals surface area contributed by atoms with Crippen LogP contribution in [-0.2, 0) is 4.74 Å². The van der Waals surface area contributed by atoms with Crippen molar-refractivity contribution in [3.05, 3.63) is 28.8 Å². The van der Waals surface area contributed by atoms with Crippen molar-refractivity contribution in [2.75, 3.05) is 32.1 Å². The molecule has 0 aromatic heterocycles. The molecule has 1 aromatic rings. The first-order valence-electron chi connectivity index (χ1n) is 7.38. The summed E-state index contributed by atoms with van der Waals surface area (Å²) in [5.41, 5.74) is 1.43. The maximum absolute atomic E-state index is 12.9. The molecule has 1 N–H and O–H groups in total. The molecule has 5 heteroatoms. The summed E-state index contributed by atoms with van der Waals surface area (Å²) in [5, 5.41) is 3.78. The molecule has 1 rings (SSSR count). The van der Waals surface area contributed by atoms with Gasteiger partial charge in [0.25, 0.3) is 5.91 Å². The smallest absolute Gasteiger partial charge is 0.256 e. The minimum absolute atomic E-state index is 0.0140. The van der Waals surface area contributed by atoms with Gasteiger partial charge in [-0.25, -0.2) is 0 Å². The molecule has 1 atom stereocenters. The summed E-state index contributed by atoms with van der Waals surface area (Å²) in [6.07, 6.45) is 0.895. The highest BCUT2D eigenvalue weighted by Gasteiger charge is 2.22. The van der Waals surface area contributed by atoms with Crippen LogP contribution in [0.3, 0.4) is 0 Å². The van der Waals surface area contributed by atoms with E-state index in [0.29, 0.717) is 23.7 Å². The average molecular weight is 313 g/mol. The summed E-state index contributed by atoms with van der Waals surface area (Å²) in [6, 6.07) is 5.52. The van der Waals surface area contributed by atoms with E-state index in [9.17, 15) is 4.79 Å². The van der Waals surface area contributed by atoms with Crippen molar-refractivity contribution in [3.63, 3.8) is 0 Å². The number of rotatable bonds is 8. The Labute approximate surface area is 132 Å². The minimum atomic E-state index is -0.0140. The molecule has 4 nitrogen and oxygen atoms in total. The molecule has 0 saturated carbocycles. The Kier molecular flexibility index (Phi) is 7.54. The Morgan fingerprint density at radius 3 is 2.71 bits per heavy atom.